The van der Waals surface area contributed by atoms with Crippen LogP contribution in [0.4, 0.5) is 10.5 Å². The second-order valence-corrected chi connectivity index (χ2v) is 22.7. The highest BCUT2D eigenvalue weighted by molar-refractivity contribution is 7.89. The largest absolute Gasteiger partial charge is 0.497 e. The number of hydrogen-bond acceptors (Lipinski definition) is 11. The number of likely N-dealkylation sites (tertiary alicyclic amines) is 1. The third-order valence-corrected chi connectivity index (χ3v) is 18.1. The molecule has 0 saturated carbocycles. The maximum Gasteiger partial charge on any atom is 0.408 e. The van der Waals surface area contributed by atoms with E-state index in [9.17, 15) is 33.2 Å². The third kappa shape index (κ3) is 9.69. The number of nitro benzene ring substituents is 1. The zero-order valence-corrected chi connectivity index (χ0v) is 38.9. The first-order chi connectivity index (χ1) is 31.6. The maximum atomic E-state index is 14.3. The van der Waals surface area contributed by atoms with E-state index in [2.05, 4.69) is 25.5 Å². The van der Waals surface area contributed by atoms with E-state index in [1.165, 1.54) is 36.0 Å². The normalized spacial score (nSPS) is 15.2. The van der Waals surface area contributed by atoms with Gasteiger partial charge in [0.25, 0.3) is 14.0 Å². The number of carbonyl (C=O) groups excluding carboxylic acids is 1. The van der Waals surface area contributed by atoms with E-state index < -0.39 is 69.5 Å². The molecule has 2 N–H and O–H groups in total. The van der Waals surface area contributed by atoms with Crippen LogP contribution < -0.4 is 24.6 Å². The molecule has 0 unspecified atom stereocenters. The Hall–Kier alpha value is -6.93. The zero-order valence-electron chi connectivity index (χ0n) is 37.1. The van der Waals surface area contributed by atoms with Crippen LogP contribution in [0.3, 0.4) is 0 Å². The maximum absolute atomic E-state index is 14.3. The minimum absolute atomic E-state index is 0.0412. The Morgan fingerprint density at radius 1 is 0.864 bits per heavy atom. The lowest BCUT2D eigenvalue weighted by Crippen LogP contribution is -2.71. The topological polar surface area (TPSA) is 209 Å². The summed E-state index contributed by atoms with van der Waals surface area (Å²) in [6, 6.07) is 37.0. The fourth-order valence-corrected chi connectivity index (χ4v) is 14.1. The van der Waals surface area contributed by atoms with Gasteiger partial charge in [-0.25, -0.2) is 17.9 Å². The lowest BCUT2D eigenvalue weighted by atomic mass is 9.91. The van der Waals surface area contributed by atoms with Gasteiger partial charge in [-0.15, -0.1) is 0 Å². The Balaban J connectivity index is 1.30. The monoisotopic (exact) mass is 933 g/mol. The molecule has 1 aliphatic heterocycles. The molecule has 1 aliphatic rings. The third-order valence-electron chi connectivity index (χ3n) is 11.7. The number of nitrogens with one attached hydrogen (secondary N) is 1. The second-order valence-electron chi connectivity index (χ2n) is 16.7. The van der Waals surface area contributed by atoms with E-state index in [-0.39, 0.29) is 37.6 Å². The van der Waals surface area contributed by atoms with Crippen molar-refractivity contribution in [3.63, 3.8) is 0 Å². The van der Waals surface area contributed by atoms with Gasteiger partial charge in [-0.2, -0.15) is 15.0 Å². The number of hydrogen-bond donors (Lipinski definition) is 2. The summed E-state index contributed by atoms with van der Waals surface area (Å²) in [6.07, 6.45) is -1.30. The Kier molecular flexibility index (Phi) is 14.0. The van der Waals surface area contributed by atoms with Crippen LogP contribution in [0.25, 0.3) is 0 Å². The molecule has 5 aromatic carbocycles. The number of nitrogens with zero attached hydrogens (tertiary/aromatic N) is 6. The van der Waals surface area contributed by atoms with E-state index in [0.29, 0.717) is 22.6 Å². The second kappa shape index (κ2) is 19.7. The van der Waals surface area contributed by atoms with E-state index in [0.717, 1.165) is 27.4 Å². The molecule has 2 amide bonds. The number of amides is 2. The van der Waals surface area contributed by atoms with Gasteiger partial charge in [0.2, 0.25) is 15.9 Å². The molecule has 0 radical (unpaired) electrons. The Bertz CT molecular complexity index is 2750. The standard InChI is InChI=1S/C47H51N7O10SSi/c1-47(2,3)66(36-19-11-7-12-20-36,37-21-13-8-14-22-37)64-32-39-38(28-48-65(60,61)43-24-16-15-23-40(43)54(58)59)49-53(50-39)31-41-44(52(46(56)57)29-33-17-9-6-10-18-33)45(55)51(41)30-34-25-26-35(62-4)27-42(34)63-5/h6-27,41,44,48H,28-32H2,1-5H3,(H,56,57)/t41-,44-/m0/s1. The molecule has 17 nitrogen and oxygen atoms in total. The molecule has 7 rings (SSSR count). The molecule has 0 bridgehead atoms. The van der Waals surface area contributed by atoms with Crippen molar-refractivity contribution in [2.75, 3.05) is 14.2 Å². The van der Waals surface area contributed by atoms with Gasteiger partial charge in [-0.05, 0) is 39.2 Å². The molecule has 2 heterocycles. The first-order valence-electron chi connectivity index (χ1n) is 21.0. The highest BCUT2D eigenvalue weighted by atomic mass is 32.2. The minimum atomic E-state index is -4.48. The van der Waals surface area contributed by atoms with E-state index in [1.54, 1.807) is 42.5 Å². The van der Waals surface area contributed by atoms with Crippen LogP contribution in [0.1, 0.15) is 43.3 Å². The Morgan fingerprint density at radius 2 is 1.45 bits per heavy atom. The SMILES string of the molecule is COc1ccc(CN2C(=O)[C@@H](N(Cc3ccccc3)C(=O)O)[C@@H]2Cn2nc(CNS(=O)(=O)c3ccccc3[N+](=O)[O-])c(CO[Si](c3ccccc3)(c3ccccc3)C(C)(C)C)n2)c(OC)c1. The number of β-lactam (4-membered cyclic amide) rings is 1. The van der Waals surface area contributed by atoms with Crippen molar-refractivity contribution in [1.82, 2.24) is 29.5 Å². The summed E-state index contributed by atoms with van der Waals surface area (Å²) in [5.41, 5.74) is 1.13. The molecule has 344 valence electrons. The summed E-state index contributed by atoms with van der Waals surface area (Å²) < 4.78 is 48.3. The van der Waals surface area contributed by atoms with Gasteiger partial charge >= 0.3 is 6.09 Å². The number of sulfonamides is 1. The van der Waals surface area contributed by atoms with Crippen molar-refractivity contribution in [2.24, 2.45) is 0 Å². The van der Waals surface area contributed by atoms with Gasteiger partial charge in [-0.1, -0.05) is 124 Å². The molecule has 1 saturated heterocycles. The molecule has 2 atom stereocenters. The lowest BCUT2D eigenvalue weighted by molar-refractivity contribution is -0.387. The van der Waals surface area contributed by atoms with Crippen LogP contribution in [0, 0.1) is 10.1 Å². The van der Waals surface area contributed by atoms with Gasteiger partial charge in [-0.3, -0.25) is 19.8 Å². The first-order valence-corrected chi connectivity index (χ1v) is 24.4. The number of carboxylic acid groups (broad SMARTS) is 1. The van der Waals surface area contributed by atoms with Crippen LogP contribution >= 0.6 is 0 Å². The van der Waals surface area contributed by atoms with Crippen LogP contribution in [-0.2, 0) is 52.0 Å². The summed E-state index contributed by atoms with van der Waals surface area (Å²) in [7, 11) is -4.65. The van der Waals surface area contributed by atoms with Crippen molar-refractivity contribution < 1.29 is 41.9 Å². The van der Waals surface area contributed by atoms with Gasteiger partial charge in [0.05, 0.1) is 44.9 Å². The smallest absolute Gasteiger partial charge is 0.408 e. The highest BCUT2D eigenvalue weighted by Crippen LogP contribution is 2.38. The van der Waals surface area contributed by atoms with Gasteiger partial charge in [0, 0.05) is 30.8 Å². The molecular formula is C47H51N7O10SSi. The van der Waals surface area contributed by atoms with Crippen molar-refractivity contribution in [3.05, 3.63) is 166 Å². The predicted molar refractivity (Wildman–Crippen MR) is 247 cm³/mol. The molecule has 0 spiro atoms. The highest BCUT2D eigenvalue weighted by Gasteiger charge is 2.53. The molecule has 6 aromatic rings. The Labute approximate surface area is 383 Å². The van der Waals surface area contributed by atoms with E-state index in [1.807, 2.05) is 66.7 Å². The molecule has 19 heteroatoms. The summed E-state index contributed by atoms with van der Waals surface area (Å²) in [6.45, 7) is 5.61. The molecular weight excluding hydrogens is 883 g/mol. The number of benzene rings is 5. The summed E-state index contributed by atoms with van der Waals surface area (Å²) in [5, 5.41) is 33.7. The van der Waals surface area contributed by atoms with E-state index >= 15 is 0 Å². The van der Waals surface area contributed by atoms with Crippen molar-refractivity contribution in [3.8, 4) is 11.5 Å². The number of carbonyl (C=O) groups is 2. The molecule has 0 aliphatic carbocycles. The lowest BCUT2D eigenvalue weighted by Gasteiger charge is -2.50. The number of ether oxygens (including phenoxy) is 2. The number of rotatable bonds is 19. The van der Waals surface area contributed by atoms with Gasteiger partial charge < -0.3 is 23.9 Å². The van der Waals surface area contributed by atoms with Gasteiger partial charge in [0.1, 0.15) is 28.9 Å². The van der Waals surface area contributed by atoms with Crippen LogP contribution in [0.15, 0.2) is 138 Å². The molecule has 66 heavy (non-hydrogen) atoms. The van der Waals surface area contributed by atoms with Crippen molar-refractivity contribution in [2.45, 2.75) is 75.6 Å². The number of para-hydroxylation sites is 1. The zero-order chi connectivity index (χ0) is 47.2. The van der Waals surface area contributed by atoms with Gasteiger partial charge in [0.15, 0.2) is 4.90 Å². The summed E-state index contributed by atoms with van der Waals surface area (Å²) in [4.78, 5) is 41.8. The quantitative estimate of drug-likeness (QED) is 0.0433. The minimum Gasteiger partial charge on any atom is -0.497 e. The fraction of sp³-hybridized carbons (Fsp3) is 0.277. The summed E-state index contributed by atoms with van der Waals surface area (Å²) >= 11 is 0. The Morgan fingerprint density at radius 3 is 2.03 bits per heavy atom. The van der Waals surface area contributed by atoms with Crippen LogP contribution in [-0.4, -0.2) is 89.9 Å². The predicted octanol–water partition coefficient (Wildman–Crippen LogP) is 5.72. The fourth-order valence-electron chi connectivity index (χ4n) is 8.48. The number of methoxy groups -OCH3 is 2. The molecule has 1 aromatic heterocycles. The molecule has 1 fully saturated rings. The van der Waals surface area contributed by atoms with Crippen LogP contribution in [0.5, 0.6) is 11.5 Å². The number of aromatic nitrogens is 3. The van der Waals surface area contributed by atoms with Crippen LogP contribution in [0.2, 0.25) is 5.04 Å². The first kappa shape index (κ1) is 47.0. The summed E-state index contributed by atoms with van der Waals surface area (Å²) in [5.74, 6) is 0.548. The number of nitro groups is 1. The van der Waals surface area contributed by atoms with E-state index in [4.69, 9.17) is 24.1 Å². The average molecular weight is 934 g/mol. The van der Waals surface area contributed by atoms with Crippen molar-refractivity contribution >= 4 is 46.4 Å². The average Bonchev–Trinajstić information content (AvgIpc) is 3.71. The van der Waals surface area contributed by atoms with Crippen molar-refractivity contribution in [1.29, 1.82) is 0 Å².